The molecule has 0 atom stereocenters. The summed E-state index contributed by atoms with van der Waals surface area (Å²) in [5.74, 6) is 1.36. The Bertz CT molecular complexity index is 882. The molecular weight excluding hydrogens is 292 g/mol. The summed E-state index contributed by atoms with van der Waals surface area (Å²) in [7, 11) is 2.22. The first-order chi connectivity index (χ1) is 11.7. The van der Waals surface area contributed by atoms with Gasteiger partial charge in [0.15, 0.2) is 11.0 Å². The van der Waals surface area contributed by atoms with Crippen molar-refractivity contribution in [3.8, 4) is 11.4 Å². The van der Waals surface area contributed by atoms with Gasteiger partial charge in [-0.25, -0.2) is 9.13 Å². The number of fused-ring (bicyclic) bond motifs is 1. The van der Waals surface area contributed by atoms with Gasteiger partial charge in [0.05, 0.1) is 12.6 Å². The van der Waals surface area contributed by atoms with Crippen molar-refractivity contribution in [3.05, 3.63) is 53.6 Å². The zero-order chi connectivity index (χ0) is 16.7. The first-order valence-electron chi connectivity index (χ1n) is 9.23. The number of nitrogens with zero attached hydrogens (tertiary/aromatic N) is 2. The average molecular weight is 319 g/mol. The molecule has 0 radical (unpaired) electrons. The van der Waals surface area contributed by atoms with Gasteiger partial charge in [-0.3, -0.25) is 0 Å². The quantitative estimate of drug-likeness (QED) is 0.570. The minimum absolute atomic E-state index is 0.626. The molecular formula is C22H27N2+. The molecule has 0 spiro atoms. The first-order valence-corrected chi connectivity index (χ1v) is 9.23. The second-order valence-electron chi connectivity index (χ2n) is 7.35. The maximum atomic E-state index is 2.63. The minimum atomic E-state index is 0.626. The third-order valence-corrected chi connectivity index (χ3v) is 5.61. The van der Waals surface area contributed by atoms with Crippen LogP contribution in [0.4, 0.5) is 0 Å². The van der Waals surface area contributed by atoms with E-state index in [0.29, 0.717) is 6.04 Å². The maximum absolute atomic E-state index is 2.63. The van der Waals surface area contributed by atoms with E-state index in [9.17, 15) is 0 Å². The number of hydrogen-bond acceptors (Lipinski definition) is 0. The highest BCUT2D eigenvalue weighted by Gasteiger charge is 2.31. The molecule has 1 saturated carbocycles. The fourth-order valence-corrected chi connectivity index (χ4v) is 4.43. The zero-order valence-corrected chi connectivity index (χ0v) is 15.0. The number of rotatable bonds is 2. The fourth-order valence-electron chi connectivity index (χ4n) is 4.43. The number of aryl methyl sites for hydroxylation is 3. The van der Waals surface area contributed by atoms with E-state index in [0.717, 1.165) is 0 Å². The van der Waals surface area contributed by atoms with Crippen LogP contribution in [0.5, 0.6) is 0 Å². The number of imidazole rings is 1. The number of hydrogen-bond donors (Lipinski definition) is 0. The molecule has 24 heavy (non-hydrogen) atoms. The van der Waals surface area contributed by atoms with Crippen LogP contribution in [0.15, 0.2) is 42.5 Å². The largest absolute Gasteiger partial charge is 0.290 e. The van der Waals surface area contributed by atoms with Crippen molar-refractivity contribution in [3.63, 3.8) is 0 Å². The van der Waals surface area contributed by atoms with Gasteiger partial charge in [0.1, 0.15) is 6.04 Å². The Morgan fingerprint density at radius 1 is 0.958 bits per heavy atom. The summed E-state index contributed by atoms with van der Waals surface area (Å²) in [4.78, 5) is 0. The van der Waals surface area contributed by atoms with Gasteiger partial charge in [0.25, 0.3) is 5.82 Å². The van der Waals surface area contributed by atoms with Gasteiger partial charge >= 0.3 is 0 Å². The summed E-state index contributed by atoms with van der Waals surface area (Å²) in [6, 6.07) is 16.3. The van der Waals surface area contributed by atoms with Crippen molar-refractivity contribution >= 4 is 11.0 Å². The lowest BCUT2D eigenvalue weighted by Crippen LogP contribution is -2.31. The molecule has 2 aromatic carbocycles. The van der Waals surface area contributed by atoms with E-state index in [1.165, 1.54) is 65.7 Å². The predicted octanol–water partition coefficient (Wildman–Crippen LogP) is 5.25. The maximum Gasteiger partial charge on any atom is 0.290 e. The van der Waals surface area contributed by atoms with Gasteiger partial charge in [-0.1, -0.05) is 36.2 Å². The van der Waals surface area contributed by atoms with Crippen LogP contribution in [0, 0.1) is 13.8 Å². The van der Waals surface area contributed by atoms with Gasteiger partial charge in [-0.15, -0.1) is 0 Å². The van der Waals surface area contributed by atoms with Crippen LogP contribution in [-0.2, 0) is 7.05 Å². The van der Waals surface area contributed by atoms with Crippen LogP contribution in [0.25, 0.3) is 22.4 Å². The Balaban J connectivity index is 2.01. The highest BCUT2D eigenvalue weighted by Crippen LogP contribution is 2.35. The van der Waals surface area contributed by atoms with Gasteiger partial charge in [0.2, 0.25) is 0 Å². The van der Waals surface area contributed by atoms with Crippen LogP contribution in [0.3, 0.4) is 0 Å². The second-order valence-corrected chi connectivity index (χ2v) is 7.35. The van der Waals surface area contributed by atoms with Gasteiger partial charge in [-0.2, -0.15) is 0 Å². The summed E-state index contributed by atoms with van der Waals surface area (Å²) in [5, 5.41) is 0. The fraction of sp³-hybridized carbons (Fsp3) is 0.409. The van der Waals surface area contributed by atoms with E-state index in [2.05, 4.69) is 72.5 Å². The average Bonchev–Trinajstić information content (AvgIpc) is 2.89. The first kappa shape index (κ1) is 15.4. The third-order valence-electron chi connectivity index (χ3n) is 5.61. The van der Waals surface area contributed by atoms with Crippen LogP contribution in [0.1, 0.15) is 49.3 Å². The molecule has 2 heteroatoms. The Morgan fingerprint density at radius 2 is 1.71 bits per heavy atom. The standard InChI is InChI=1S/C22H27N2/c1-16-13-14-19(17(2)15-16)22-23(3)20-11-7-8-12-21(20)24(22)18-9-5-4-6-10-18/h7-8,11-15,18H,4-6,9-10H2,1-3H3/q+1. The van der Waals surface area contributed by atoms with E-state index >= 15 is 0 Å². The van der Waals surface area contributed by atoms with Crippen molar-refractivity contribution < 1.29 is 4.57 Å². The number of benzene rings is 2. The van der Waals surface area contributed by atoms with E-state index in [-0.39, 0.29) is 0 Å². The summed E-state index contributed by atoms with van der Waals surface area (Å²) in [6.45, 7) is 4.42. The minimum Gasteiger partial charge on any atom is -0.226 e. The van der Waals surface area contributed by atoms with Gasteiger partial charge < -0.3 is 0 Å². The Morgan fingerprint density at radius 3 is 2.46 bits per heavy atom. The van der Waals surface area contributed by atoms with E-state index < -0.39 is 0 Å². The van der Waals surface area contributed by atoms with Gasteiger partial charge in [-0.05, 0) is 63.3 Å². The smallest absolute Gasteiger partial charge is 0.226 e. The van der Waals surface area contributed by atoms with Crippen molar-refractivity contribution in [2.24, 2.45) is 7.05 Å². The van der Waals surface area contributed by atoms with Crippen molar-refractivity contribution in [2.75, 3.05) is 0 Å². The van der Waals surface area contributed by atoms with E-state index in [4.69, 9.17) is 0 Å². The lowest BCUT2D eigenvalue weighted by atomic mass is 9.94. The Kier molecular flexibility index (Phi) is 3.91. The van der Waals surface area contributed by atoms with Crippen LogP contribution in [-0.4, -0.2) is 4.57 Å². The molecule has 0 bridgehead atoms. The zero-order valence-electron chi connectivity index (χ0n) is 15.0. The Labute approximate surface area is 144 Å². The third kappa shape index (κ3) is 2.45. The summed E-state index contributed by atoms with van der Waals surface area (Å²) >= 11 is 0. The molecule has 4 rings (SSSR count). The number of aromatic nitrogens is 2. The number of para-hydroxylation sites is 2. The predicted molar refractivity (Wildman–Crippen MR) is 100 cm³/mol. The van der Waals surface area contributed by atoms with Gasteiger partial charge in [0, 0.05) is 0 Å². The Hall–Kier alpha value is -2.09. The van der Waals surface area contributed by atoms with Crippen LogP contribution < -0.4 is 4.57 Å². The van der Waals surface area contributed by atoms with E-state index in [1.807, 2.05) is 0 Å². The van der Waals surface area contributed by atoms with Crippen molar-refractivity contribution in [1.29, 1.82) is 0 Å². The second kappa shape index (κ2) is 6.08. The summed E-state index contributed by atoms with van der Waals surface area (Å²) in [6.07, 6.45) is 6.70. The summed E-state index contributed by atoms with van der Waals surface area (Å²) < 4.78 is 5.02. The molecule has 1 aromatic heterocycles. The SMILES string of the molecule is Cc1ccc(-c2n(C3CCCCC3)c3ccccc3[n+]2C)c(C)c1. The molecule has 0 saturated heterocycles. The molecule has 1 aliphatic carbocycles. The molecule has 124 valence electrons. The van der Waals surface area contributed by atoms with Crippen LogP contribution in [0.2, 0.25) is 0 Å². The highest BCUT2D eigenvalue weighted by atomic mass is 15.2. The highest BCUT2D eigenvalue weighted by molar-refractivity contribution is 5.77. The van der Waals surface area contributed by atoms with Crippen LogP contribution >= 0.6 is 0 Å². The molecule has 0 unspecified atom stereocenters. The summed E-state index contributed by atoms with van der Waals surface area (Å²) in [5.41, 5.74) is 6.77. The molecule has 0 aliphatic heterocycles. The normalized spacial score (nSPS) is 16.0. The van der Waals surface area contributed by atoms with E-state index in [1.54, 1.807) is 0 Å². The molecule has 0 amide bonds. The van der Waals surface area contributed by atoms with Crippen molar-refractivity contribution in [2.45, 2.75) is 52.0 Å². The molecule has 2 nitrogen and oxygen atoms in total. The lowest BCUT2D eigenvalue weighted by Gasteiger charge is -2.21. The molecule has 0 N–H and O–H groups in total. The lowest BCUT2D eigenvalue weighted by molar-refractivity contribution is -0.634. The topological polar surface area (TPSA) is 8.81 Å². The monoisotopic (exact) mass is 319 g/mol. The molecule has 3 aromatic rings. The van der Waals surface area contributed by atoms with Crippen molar-refractivity contribution in [1.82, 2.24) is 4.57 Å². The molecule has 1 aliphatic rings. The molecule has 1 heterocycles. The molecule has 1 fully saturated rings.